The van der Waals surface area contributed by atoms with E-state index in [9.17, 15) is 8.42 Å². The predicted molar refractivity (Wildman–Crippen MR) is 77.3 cm³/mol. The smallest absolute Gasteiger partial charge is 0.240 e. The van der Waals surface area contributed by atoms with E-state index in [4.69, 9.17) is 5.73 Å². The summed E-state index contributed by atoms with van der Waals surface area (Å²) in [5, 5.41) is 0. The fraction of sp³-hybridized carbons (Fsp3) is 0.571. The van der Waals surface area contributed by atoms with Crippen LogP contribution in [0.25, 0.3) is 0 Å². The molecule has 0 radical (unpaired) electrons. The lowest BCUT2D eigenvalue weighted by Gasteiger charge is -2.20. The van der Waals surface area contributed by atoms with Crippen LogP contribution in [0, 0.1) is 18.3 Å². The third kappa shape index (κ3) is 2.92. The van der Waals surface area contributed by atoms with Crippen LogP contribution in [0.15, 0.2) is 23.1 Å². The molecule has 0 spiro atoms. The summed E-state index contributed by atoms with van der Waals surface area (Å²) in [6.07, 6.45) is 2.20. The summed E-state index contributed by atoms with van der Waals surface area (Å²) in [5.74, 6) is 0.498. The van der Waals surface area contributed by atoms with Crippen molar-refractivity contribution in [1.29, 1.82) is 0 Å². The Bertz CT molecular complexity index is 575. The quantitative estimate of drug-likeness (QED) is 0.814. The van der Waals surface area contributed by atoms with Gasteiger partial charge in [-0.2, -0.15) is 0 Å². The monoisotopic (exact) mass is 282 g/mol. The van der Waals surface area contributed by atoms with Crippen molar-refractivity contribution in [3.05, 3.63) is 23.8 Å². The third-order valence-electron chi connectivity index (χ3n) is 4.29. The molecule has 0 unspecified atom stereocenters. The topological polar surface area (TPSA) is 72.2 Å². The minimum Gasteiger partial charge on any atom is -0.398 e. The summed E-state index contributed by atoms with van der Waals surface area (Å²) >= 11 is 0. The van der Waals surface area contributed by atoms with Gasteiger partial charge in [0.15, 0.2) is 0 Å². The van der Waals surface area contributed by atoms with Gasteiger partial charge in [0.25, 0.3) is 0 Å². The highest BCUT2D eigenvalue weighted by Gasteiger charge is 2.45. The van der Waals surface area contributed by atoms with E-state index in [1.807, 2.05) is 6.92 Å². The zero-order valence-corrected chi connectivity index (χ0v) is 12.5. The molecule has 0 amide bonds. The van der Waals surface area contributed by atoms with E-state index < -0.39 is 10.0 Å². The van der Waals surface area contributed by atoms with Gasteiger partial charge in [0.05, 0.1) is 4.90 Å². The van der Waals surface area contributed by atoms with E-state index in [1.165, 1.54) is 6.07 Å². The highest BCUT2D eigenvalue weighted by Crippen LogP contribution is 2.51. The molecule has 106 valence electrons. The lowest BCUT2D eigenvalue weighted by Crippen LogP contribution is -2.32. The van der Waals surface area contributed by atoms with Crippen LogP contribution < -0.4 is 10.5 Å². The largest absolute Gasteiger partial charge is 0.398 e. The molecule has 0 atom stereocenters. The molecule has 0 aliphatic heterocycles. The normalized spacial score (nSPS) is 17.7. The standard InChI is InChI=1S/C14H22N2O2S/c1-10(2)14(6-7-14)9-16-19(17,18)12-5-4-11(3)13(15)8-12/h4-5,8,10,16H,6-7,9,15H2,1-3H3. The van der Waals surface area contributed by atoms with Crippen LogP contribution in [0.2, 0.25) is 0 Å². The van der Waals surface area contributed by atoms with Crippen molar-refractivity contribution in [3.8, 4) is 0 Å². The van der Waals surface area contributed by atoms with E-state index in [-0.39, 0.29) is 10.3 Å². The van der Waals surface area contributed by atoms with E-state index in [1.54, 1.807) is 12.1 Å². The van der Waals surface area contributed by atoms with E-state index in [0.717, 1.165) is 18.4 Å². The van der Waals surface area contributed by atoms with Crippen molar-refractivity contribution >= 4 is 15.7 Å². The van der Waals surface area contributed by atoms with Gasteiger partial charge in [0, 0.05) is 12.2 Å². The van der Waals surface area contributed by atoms with E-state index >= 15 is 0 Å². The Morgan fingerprint density at radius 2 is 2.00 bits per heavy atom. The molecular formula is C14H22N2O2S. The summed E-state index contributed by atoms with van der Waals surface area (Å²) in [6, 6.07) is 4.86. The van der Waals surface area contributed by atoms with Gasteiger partial charge < -0.3 is 5.73 Å². The van der Waals surface area contributed by atoms with Crippen molar-refractivity contribution in [1.82, 2.24) is 4.72 Å². The first-order valence-corrected chi connectivity index (χ1v) is 8.11. The second-order valence-electron chi connectivity index (χ2n) is 5.86. The van der Waals surface area contributed by atoms with Gasteiger partial charge in [0.1, 0.15) is 0 Å². The van der Waals surface area contributed by atoms with Crippen LogP contribution in [0.4, 0.5) is 5.69 Å². The molecule has 1 aromatic rings. The Labute approximate surface area is 115 Å². The Morgan fingerprint density at radius 3 is 2.47 bits per heavy atom. The van der Waals surface area contributed by atoms with Gasteiger partial charge in [-0.05, 0) is 48.8 Å². The predicted octanol–water partition coefficient (Wildman–Crippen LogP) is 2.29. The number of aryl methyl sites for hydroxylation is 1. The van der Waals surface area contributed by atoms with Crippen LogP contribution in [-0.4, -0.2) is 15.0 Å². The maximum Gasteiger partial charge on any atom is 0.240 e. The fourth-order valence-electron chi connectivity index (χ4n) is 2.23. The molecule has 19 heavy (non-hydrogen) atoms. The zero-order chi connectivity index (χ0) is 14.3. The second kappa shape index (κ2) is 4.80. The molecule has 3 N–H and O–H groups in total. The van der Waals surface area contributed by atoms with Crippen molar-refractivity contribution in [2.75, 3.05) is 12.3 Å². The van der Waals surface area contributed by atoms with Gasteiger partial charge in [0.2, 0.25) is 10.0 Å². The molecular weight excluding hydrogens is 260 g/mol. The van der Waals surface area contributed by atoms with Gasteiger partial charge in [-0.1, -0.05) is 19.9 Å². The highest BCUT2D eigenvalue weighted by molar-refractivity contribution is 7.89. The number of benzene rings is 1. The second-order valence-corrected chi connectivity index (χ2v) is 7.63. The van der Waals surface area contributed by atoms with Crippen molar-refractivity contribution in [2.45, 2.75) is 38.5 Å². The van der Waals surface area contributed by atoms with Crippen LogP contribution in [-0.2, 0) is 10.0 Å². The number of hydrogen-bond donors (Lipinski definition) is 2. The molecule has 4 nitrogen and oxygen atoms in total. The number of anilines is 1. The number of hydrogen-bond acceptors (Lipinski definition) is 3. The average molecular weight is 282 g/mol. The SMILES string of the molecule is Cc1ccc(S(=O)(=O)NCC2(C(C)C)CC2)cc1N. The van der Waals surface area contributed by atoms with Crippen molar-refractivity contribution in [2.24, 2.45) is 11.3 Å². The van der Waals surface area contributed by atoms with Gasteiger partial charge in [-0.15, -0.1) is 0 Å². The molecule has 0 saturated heterocycles. The van der Waals surface area contributed by atoms with Crippen LogP contribution in [0.3, 0.4) is 0 Å². The Kier molecular flexibility index (Phi) is 3.62. The third-order valence-corrected chi connectivity index (χ3v) is 5.69. The molecule has 5 heteroatoms. The number of nitrogens with two attached hydrogens (primary N) is 1. The minimum atomic E-state index is -3.46. The first-order valence-electron chi connectivity index (χ1n) is 6.63. The van der Waals surface area contributed by atoms with Gasteiger partial charge in [-0.25, -0.2) is 13.1 Å². The molecule has 0 aromatic heterocycles. The van der Waals surface area contributed by atoms with Crippen LogP contribution >= 0.6 is 0 Å². The molecule has 0 heterocycles. The molecule has 1 aliphatic rings. The fourth-order valence-corrected chi connectivity index (χ4v) is 3.40. The Hall–Kier alpha value is -1.07. The summed E-state index contributed by atoms with van der Waals surface area (Å²) < 4.78 is 27.2. The van der Waals surface area contributed by atoms with E-state index in [2.05, 4.69) is 18.6 Å². The maximum absolute atomic E-state index is 12.2. The minimum absolute atomic E-state index is 0.156. The van der Waals surface area contributed by atoms with Gasteiger partial charge in [-0.3, -0.25) is 0 Å². The Morgan fingerprint density at radius 1 is 1.37 bits per heavy atom. The van der Waals surface area contributed by atoms with Crippen LogP contribution in [0.1, 0.15) is 32.3 Å². The van der Waals surface area contributed by atoms with Crippen molar-refractivity contribution < 1.29 is 8.42 Å². The summed E-state index contributed by atoms with van der Waals surface area (Å²) in [7, 11) is -3.46. The summed E-state index contributed by atoms with van der Waals surface area (Å²) in [6.45, 7) is 6.66. The van der Waals surface area contributed by atoms with E-state index in [0.29, 0.717) is 18.2 Å². The number of nitrogens with one attached hydrogen (secondary N) is 1. The Balaban J connectivity index is 2.12. The maximum atomic E-state index is 12.2. The molecule has 1 aliphatic carbocycles. The lowest BCUT2D eigenvalue weighted by molar-refractivity contribution is 0.357. The molecule has 1 fully saturated rings. The molecule has 2 rings (SSSR count). The average Bonchev–Trinajstić information content (AvgIpc) is 3.11. The zero-order valence-electron chi connectivity index (χ0n) is 11.7. The number of nitrogen functional groups attached to an aromatic ring is 1. The first-order chi connectivity index (χ1) is 8.77. The highest BCUT2D eigenvalue weighted by atomic mass is 32.2. The molecule has 1 aromatic carbocycles. The van der Waals surface area contributed by atoms with Crippen LogP contribution in [0.5, 0.6) is 0 Å². The summed E-state index contributed by atoms with van der Waals surface area (Å²) in [5.41, 5.74) is 7.32. The molecule has 1 saturated carbocycles. The first kappa shape index (κ1) is 14.3. The summed E-state index contributed by atoms with van der Waals surface area (Å²) in [4.78, 5) is 0.246. The lowest BCUT2D eigenvalue weighted by atomic mass is 9.93. The number of sulfonamides is 1. The molecule has 0 bridgehead atoms. The van der Waals surface area contributed by atoms with Crippen molar-refractivity contribution in [3.63, 3.8) is 0 Å². The number of rotatable bonds is 5. The van der Waals surface area contributed by atoms with Gasteiger partial charge >= 0.3 is 0 Å².